The van der Waals surface area contributed by atoms with Crippen molar-refractivity contribution >= 4 is 0 Å². The van der Waals surface area contributed by atoms with Gasteiger partial charge in [0.1, 0.15) is 42.9 Å². The van der Waals surface area contributed by atoms with Gasteiger partial charge in [0.25, 0.3) is 0 Å². The molecule has 0 bridgehead atoms. The number of hydrogen-bond acceptors (Lipinski definition) is 7. The predicted octanol–water partition coefficient (Wildman–Crippen LogP) is 3.35. The summed E-state index contributed by atoms with van der Waals surface area (Å²) in [6, 6.07) is 16.4. The van der Waals surface area contributed by atoms with Crippen LogP contribution in [0.15, 0.2) is 71.8 Å². The largest absolute Gasteiger partial charge is 0.491 e. The van der Waals surface area contributed by atoms with E-state index < -0.39 is 37.1 Å². The van der Waals surface area contributed by atoms with E-state index in [4.69, 9.17) is 14.2 Å². The lowest BCUT2D eigenvalue weighted by Crippen LogP contribution is -2.60. The van der Waals surface area contributed by atoms with E-state index in [1.165, 1.54) is 16.7 Å². The predicted molar refractivity (Wildman–Crippen MR) is 143 cm³/mol. The summed E-state index contributed by atoms with van der Waals surface area (Å²) in [7, 11) is 0. The van der Waals surface area contributed by atoms with Gasteiger partial charge in [0.2, 0.25) is 0 Å². The van der Waals surface area contributed by atoms with Crippen molar-refractivity contribution in [2.24, 2.45) is 5.92 Å². The number of ether oxygens (including phenoxy) is 3. The third-order valence-corrected chi connectivity index (χ3v) is 8.12. The molecular weight excluding hydrogens is 484 g/mol. The van der Waals surface area contributed by atoms with Crippen LogP contribution in [0.5, 0.6) is 5.75 Å². The molecule has 7 heteroatoms. The molecule has 0 saturated carbocycles. The minimum absolute atomic E-state index is 0.109. The Kier molecular flexibility index (Phi) is 7.78. The van der Waals surface area contributed by atoms with Crippen LogP contribution >= 0.6 is 0 Å². The first kappa shape index (κ1) is 27.1. The van der Waals surface area contributed by atoms with Gasteiger partial charge in [-0.1, -0.05) is 59.7 Å². The minimum atomic E-state index is -1.36. The third-order valence-electron chi connectivity index (χ3n) is 8.12. The topological polar surface area (TPSA) is 109 Å². The zero-order valence-electron chi connectivity index (χ0n) is 22.2. The van der Waals surface area contributed by atoms with Crippen molar-refractivity contribution in [1.82, 2.24) is 0 Å². The summed E-state index contributed by atoms with van der Waals surface area (Å²) in [5, 5.41) is 40.4. The van der Waals surface area contributed by atoms with Crippen molar-refractivity contribution in [3.05, 3.63) is 88.5 Å². The highest BCUT2D eigenvalue weighted by molar-refractivity contribution is 5.38. The van der Waals surface area contributed by atoms with Gasteiger partial charge in [0.05, 0.1) is 18.3 Å². The Balaban J connectivity index is 1.20. The summed E-state index contributed by atoms with van der Waals surface area (Å²) >= 11 is 0. The van der Waals surface area contributed by atoms with Crippen LogP contribution in [0.3, 0.4) is 0 Å². The zero-order chi connectivity index (χ0) is 27.0. The highest BCUT2D eigenvalue weighted by Gasteiger charge is 2.46. The maximum absolute atomic E-state index is 10.6. The summed E-state index contributed by atoms with van der Waals surface area (Å²) in [5.41, 5.74) is 5.55. The third kappa shape index (κ3) is 5.32. The molecule has 7 atom stereocenters. The van der Waals surface area contributed by atoms with E-state index >= 15 is 0 Å². The highest BCUT2D eigenvalue weighted by Crippen LogP contribution is 2.43. The van der Waals surface area contributed by atoms with Crippen LogP contribution in [0.25, 0.3) is 0 Å². The van der Waals surface area contributed by atoms with Gasteiger partial charge < -0.3 is 34.6 Å². The maximum atomic E-state index is 10.6. The average molecular weight is 523 g/mol. The summed E-state index contributed by atoms with van der Waals surface area (Å²) in [4.78, 5) is 0. The number of fused-ring (bicyclic) bond motifs is 1. The van der Waals surface area contributed by atoms with E-state index in [1.807, 2.05) is 36.4 Å². The van der Waals surface area contributed by atoms with Gasteiger partial charge in [-0.3, -0.25) is 0 Å². The van der Waals surface area contributed by atoms with Crippen molar-refractivity contribution < 1.29 is 34.6 Å². The molecule has 2 aliphatic heterocycles. The number of aliphatic hydroxyl groups is 4. The van der Waals surface area contributed by atoms with Crippen LogP contribution in [0.4, 0.5) is 0 Å². The highest BCUT2D eigenvalue weighted by atomic mass is 16.6. The lowest BCUT2D eigenvalue weighted by Gasteiger charge is -2.43. The molecule has 0 radical (unpaired) electrons. The van der Waals surface area contributed by atoms with Crippen LogP contribution in [0, 0.1) is 5.92 Å². The molecule has 2 aromatic carbocycles. The van der Waals surface area contributed by atoms with Gasteiger partial charge >= 0.3 is 0 Å². The van der Waals surface area contributed by atoms with Gasteiger partial charge in [-0.25, -0.2) is 0 Å². The second-order valence-corrected chi connectivity index (χ2v) is 11.1. The molecule has 0 aromatic heterocycles. The standard InChI is InChI=1S/C31H38O7/c1-18-8-11-20(30-29(35)28(34)27(33)25(16-32)37-30)15-21(18)14-19-9-12-22(13-10-19)36-17-26-23-6-4-5-7-24(23)31(2,3)38-26/h4-13,20,25-30,32-35H,14-17H2,1-3H3/t20?,25-,26-,27-,28+,29-,30+/m1/s1. The fourth-order valence-corrected chi connectivity index (χ4v) is 5.88. The van der Waals surface area contributed by atoms with Crippen LogP contribution in [-0.4, -0.2) is 64.2 Å². The van der Waals surface area contributed by atoms with Crippen LogP contribution in [0.2, 0.25) is 0 Å². The second kappa shape index (κ2) is 10.9. The van der Waals surface area contributed by atoms with Gasteiger partial charge in [-0.05, 0) is 62.4 Å². The molecule has 1 saturated heterocycles. The van der Waals surface area contributed by atoms with Crippen LogP contribution < -0.4 is 4.74 Å². The molecule has 38 heavy (non-hydrogen) atoms. The lowest BCUT2D eigenvalue weighted by atomic mass is 9.79. The Labute approximate surface area is 224 Å². The molecule has 0 spiro atoms. The van der Waals surface area contributed by atoms with E-state index in [0.717, 1.165) is 23.3 Å². The maximum Gasteiger partial charge on any atom is 0.119 e. The van der Waals surface area contributed by atoms with Crippen molar-refractivity contribution in [1.29, 1.82) is 0 Å². The summed E-state index contributed by atoms with van der Waals surface area (Å²) in [5.74, 6) is 0.606. The number of allylic oxidation sites excluding steroid dienone is 3. The van der Waals surface area contributed by atoms with Crippen molar-refractivity contribution in [3.63, 3.8) is 0 Å². The van der Waals surface area contributed by atoms with Crippen molar-refractivity contribution in [3.8, 4) is 5.75 Å². The van der Waals surface area contributed by atoms with Gasteiger partial charge in [0.15, 0.2) is 0 Å². The molecule has 0 amide bonds. The van der Waals surface area contributed by atoms with E-state index in [1.54, 1.807) is 0 Å². The smallest absolute Gasteiger partial charge is 0.119 e. The lowest BCUT2D eigenvalue weighted by molar-refractivity contribution is -0.237. The molecule has 2 heterocycles. The molecule has 1 unspecified atom stereocenters. The Bertz CT molecular complexity index is 1180. The summed E-state index contributed by atoms with van der Waals surface area (Å²) in [6.45, 7) is 6.24. The van der Waals surface area contributed by atoms with Crippen molar-refractivity contribution in [2.45, 2.75) is 75.8 Å². The number of aliphatic hydroxyl groups excluding tert-OH is 4. The normalized spacial score (nSPS) is 32.3. The summed E-state index contributed by atoms with van der Waals surface area (Å²) in [6.07, 6.45) is -0.292. The number of rotatable bonds is 7. The average Bonchev–Trinajstić information content (AvgIpc) is 3.18. The molecule has 1 aliphatic carbocycles. The van der Waals surface area contributed by atoms with Gasteiger partial charge in [0, 0.05) is 5.92 Å². The van der Waals surface area contributed by atoms with Gasteiger partial charge in [-0.15, -0.1) is 0 Å². The minimum Gasteiger partial charge on any atom is -0.491 e. The molecule has 5 rings (SSSR count). The monoisotopic (exact) mass is 522 g/mol. The Hall–Kier alpha value is -2.52. The fraction of sp³-hybridized carbons (Fsp3) is 0.484. The Morgan fingerprint density at radius 3 is 2.45 bits per heavy atom. The molecule has 4 N–H and O–H groups in total. The molecular formula is C31H38O7. The molecule has 2 aromatic rings. The van der Waals surface area contributed by atoms with Crippen LogP contribution in [-0.2, 0) is 21.5 Å². The Morgan fingerprint density at radius 1 is 0.974 bits per heavy atom. The molecule has 7 nitrogen and oxygen atoms in total. The second-order valence-electron chi connectivity index (χ2n) is 11.1. The first-order chi connectivity index (χ1) is 18.2. The van der Waals surface area contributed by atoms with E-state index in [0.29, 0.717) is 13.0 Å². The van der Waals surface area contributed by atoms with E-state index in [9.17, 15) is 20.4 Å². The van der Waals surface area contributed by atoms with Crippen molar-refractivity contribution in [2.75, 3.05) is 13.2 Å². The SMILES string of the molecule is CC1=C(Cc2ccc(OC[C@H]3OC(C)(C)c4ccccc43)cc2)CC([C@@H]2O[C@H](CO)[C@@H](O)[C@H](O)[C@H]2O)C=C1. The molecule has 1 fully saturated rings. The quantitative estimate of drug-likeness (QED) is 0.442. The molecule has 3 aliphatic rings. The zero-order valence-corrected chi connectivity index (χ0v) is 22.2. The van der Waals surface area contributed by atoms with E-state index in [-0.39, 0.29) is 17.6 Å². The first-order valence-corrected chi connectivity index (χ1v) is 13.3. The fourth-order valence-electron chi connectivity index (χ4n) is 5.88. The number of benzene rings is 2. The van der Waals surface area contributed by atoms with Crippen LogP contribution in [0.1, 0.15) is 50.0 Å². The number of hydrogen-bond donors (Lipinski definition) is 4. The van der Waals surface area contributed by atoms with E-state index in [2.05, 4.69) is 45.0 Å². The molecule has 204 valence electrons. The Morgan fingerprint density at radius 2 is 1.71 bits per heavy atom. The summed E-state index contributed by atoms with van der Waals surface area (Å²) < 4.78 is 18.2. The first-order valence-electron chi connectivity index (χ1n) is 13.3. The van der Waals surface area contributed by atoms with Gasteiger partial charge in [-0.2, -0.15) is 0 Å².